The van der Waals surface area contributed by atoms with E-state index in [1.807, 2.05) is 6.07 Å². The number of benzene rings is 1. The van der Waals surface area contributed by atoms with Gasteiger partial charge in [0.05, 0.1) is 14.2 Å². The zero-order valence-electron chi connectivity index (χ0n) is 14.1. The number of ether oxygens (including phenoxy) is 3. The van der Waals surface area contributed by atoms with Crippen LogP contribution in [0.15, 0.2) is 18.2 Å². The first-order valence-corrected chi connectivity index (χ1v) is 8.20. The summed E-state index contributed by atoms with van der Waals surface area (Å²) >= 11 is 0. The SMILES string of the molecule is COc1ccc(CCCN(C)CC2CCOCC2)cc1OC. The Morgan fingerprint density at radius 2 is 1.86 bits per heavy atom. The Labute approximate surface area is 134 Å². The lowest BCUT2D eigenvalue weighted by atomic mass is 10.00. The fraction of sp³-hybridized carbons (Fsp3) is 0.667. The summed E-state index contributed by atoms with van der Waals surface area (Å²) in [7, 11) is 5.58. The van der Waals surface area contributed by atoms with Gasteiger partial charge in [-0.15, -0.1) is 0 Å². The highest BCUT2D eigenvalue weighted by atomic mass is 16.5. The van der Waals surface area contributed by atoms with Crippen molar-refractivity contribution in [3.05, 3.63) is 23.8 Å². The summed E-state index contributed by atoms with van der Waals surface area (Å²) in [6.45, 7) is 4.19. The second-order valence-corrected chi connectivity index (χ2v) is 6.11. The van der Waals surface area contributed by atoms with Crippen molar-refractivity contribution in [2.24, 2.45) is 5.92 Å². The van der Waals surface area contributed by atoms with Gasteiger partial charge in [-0.1, -0.05) is 6.07 Å². The highest BCUT2D eigenvalue weighted by molar-refractivity contribution is 5.42. The van der Waals surface area contributed by atoms with Gasteiger partial charge in [-0.05, 0) is 62.9 Å². The van der Waals surface area contributed by atoms with E-state index in [0.29, 0.717) is 0 Å². The van der Waals surface area contributed by atoms with Crippen molar-refractivity contribution in [1.29, 1.82) is 0 Å². The Morgan fingerprint density at radius 1 is 1.14 bits per heavy atom. The van der Waals surface area contributed by atoms with Gasteiger partial charge < -0.3 is 19.1 Å². The summed E-state index contributed by atoms with van der Waals surface area (Å²) in [5, 5.41) is 0. The van der Waals surface area contributed by atoms with Crippen molar-refractivity contribution in [3.63, 3.8) is 0 Å². The highest BCUT2D eigenvalue weighted by Crippen LogP contribution is 2.28. The molecule has 0 amide bonds. The first-order chi connectivity index (χ1) is 10.7. The second-order valence-electron chi connectivity index (χ2n) is 6.11. The van der Waals surface area contributed by atoms with Crippen LogP contribution in [0, 0.1) is 5.92 Å². The molecule has 0 aromatic heterocycles. The van der Waals surface area contributed by atoms with E-state index in [1.165, 1.54) is 24.9 Å². The molecule has 0 saturated carbocycles. The van der Waals surface area contributed by atoms with Gasteiger partial charge >= 0.3 is 0 Å². The van der Waals surface area contributed by atoms with Crippen molar-refractivity contribution in [3.8, 4) is 11.5 Å². The third kappa shape index (κ3) is 5.18. The molecule has 0 unspecified atom stereocenters. The first-order valence-electron chi connectivity index (χ1n) is 8.20. The van der Waals surface area contributed by atoms with Crippen LogP contribution in [-0.2, 0) is 11.2 Å². The molecule has 4 nitrogen and oxygen atoms in total. The lowest BCUT2D eigenvalue weighted by molar-refractivity contribution is 0.0556. The monoisotopic (exact) mass is 307 g/mol. The zero-order chi connectivity index (χ0) is 15.8. The Kier molecular flexibility index (Phi) is 7.00. The first kappa shape index (κ1) is 17.1. The molecule has 1 aromatic carbocycles. The Hall–Kier alpha value is -1.26. The molecule has 0 bridgehead atoms. The van der Waals surface area contributed by atoms with Crippen molar-refractivity contribution < 1.29 is 14.2 Å². The molecule has 1 aromatic rings. The lowest BCUT2D eigenvalue weighted by Gasteiger charge is -2.27. The van der Waals surface area contributed by atoms with Crippen LogP contribution in [0.2, 0.25) is 0 Å². The van der Waals surface area contributed by atoms with Crippen molar-refractivity contribution in [1.82, 2.24) is 4.90 Å². The van der Waals surface area contributed by atoms with Gasteiger partial charge in [-0.2, -0.15) is 0 Å². The molecular weight excluding hydrogens is 278 g/mol. The van der Waals surface area contributed by atoms with E-state index < -0.39 is 0 Å². The summed E-state index contributed by atoms with van der Waals surface area (Å²) in [6.07, 6.45) is 4.65. The lowest BCUT2D eigenvalue weighted by Crippen LogP contribution is -2.30. The molecule has 1 saturated heterocycles. The predicted molar refractivity (Wildman–Crippen MR) is 88.9 cm³/mol. The average Bonchev–Trinajstić information content (AvgIpc) is 2.55. The molecule has 1 fully saturated rings. The van der Waals surface area contributed by atoms with Crippen LogP contribution >= 0.6 is 0 Å². The molecule has 124 valence electrons. The molecule has 1 aliphatic rings. The van der Waals surface area contributed by atoms with E-state index >= 15 is 0 Å². The molecule has 0 aliphatic carbocycles. The van der Waals surface area contributed by atoms with E-state index in [1.54, 1.807) is 14.2 Å². The number of rotatable bonds is 8. The van der Waals surface area contributed by atoms with Gasteiger partial charge in [0.15, 0.2) is 11.5 Å². The molecular formula is C18H29NO3. The normalized spacial score (nSPS) is 16.0. The summed E-state index contributed by atoms with van der Waals surface area (Å²) in [4.78, 5) is 2.46. The highest BCUT2D eigenvalue weighted by Gasteiger charge is 2.15. The third-order valence-electron chi connectivity index (χ3n) is 4.36. The van der Waals surface area contributed by atoms with Gasteiger partial charge in [-0.3, -0.25) is 0 Å². The minimum atomic E-state index is 0.794. The van der Waals surface area contributed by atoms with E-state index in [0.717, 1.165) is 50.0 Å². The molecule has 2 rings (SSSR count). The standard InChI is InChI=1S/C18H29NO3/c1-19(14-16-8-11-22-12-9-16)10-4-5-15-6-7-17(20-2)18(13-15)21-3/h6-7,13,16H,4-5,8-12,14H2,1-3H3. The number of hydrogen-bond donors (Lipinski definition) is 0. The van der Waals surface area contributed by atoms with Crippen LogP contribution in [0.5, 0.6) is 11.5 Å². The topological polar surface area (TPSA) is 30.9 Å². The zero-order valence-corrected chi connectivity index (χ0v) is 14.1. The van der Waals surface area contributed by atoms with Crippen molar-refractivity contribution >= 4 is 0 Å². The molecule has 0 N–H and O–H groups in total. The molecule has 22 heavy (non-hydrogen) atoms. The van der Waals surface area contributed by atoms with E-state index in [4.69, 9.17) is 14.2 Å². The van der Waals surface area contributed by atoms with Crippen LogP contribution in [0.1, 0.15) is 24.8 Å². The van der Waals surface area contributed by atoms with E-state index in [9.17, 15) is 0 Å². The summed E-state index contributed by atoms with van der Waals surface area (Å²) in [6, 6.07) is 6.19. The quantitative estimate of drug-likeness (QED) is 0.739. The van der Waals surface area contributed by atoms with Crippen molar-refractivity contribution in [2.45, 2.75) is 25.7 Å². The average molecular weight is 307 g/mol. The van der Waals surface area contributed by atoms with Gasteiger partial charge in [0.2, 0.25) is 0 Å². The largest absolute Gasteiger partial charge is 0.493 e. The maximum absolute atomic E-state index is 5.42. The Bertz CT molecular complexity index is 444. The second kappa shape index (κ2) is 9.01. The Morgan fingerprint density at radius 3 is 2.55 bits per heavy atom. The smallest absolute Gasteiger partial charge is 0.160 e. The van der Waals surface area contributed by atoms with E-state index in [-0.39, 0.29) is 0 Å². The number of methoxy groups -OCH3 is 2. The summed E-state index contributed by atoms with van der Waals surface area (Å²) in [5.74, 6) is 2.42. The molecule has 1 heterocycles. The van der Waals surface area contributed by atoms with Crippen molar-refractivity contribution in [2.75, 3.05) is 47.6 Å². The van der Waals surface area contributed by atoms with Crippen LogP contribution in [0.4, 0.5) is 0 Å². The van der Waals surface area contributed by atoms with Crippen LogP contribution in [0.25, 0.3) is 0 Å². The Balaban J connectivity index is 1.73. The number of hydrogen-bond acceptors (Lipinski definition) is 4. The summed E-state index contributed by atoms with van der Waals surface area (Å²) < 4.78 is 16.1. The molecule has 0 spiro atoms. The van der Waals surface area contributed by atoms with Gasteiger partial charge in [0.1, 0.15) is 0 Å². The summed E-state index contributed by atoms with van der Waals surface area (Å²) in [5.41, 5.74) is 1.30. The molecule has 1 aliphatic heterocycles. The fourth-order valence-electron chi connectivity index (χ4n) is 3.05. The van der Waals surface area contributed by atoms with Gasteiger partial charge in [-0.25, -0.2) is 0 Å². The number of nitrogens with zero attached hydrogens (tertiary/aromatic N) is 1. The van der Waals surface area contributed by atoms with Crippen LogP contribution < -0.4 is 9.47 Å². The van der Waals surface area contributed by atoms with Gasteiger partial charge in [0, 0.05) is 19.8 Å². The minimum absolute atomic E-state index is 0.794. The van der Waals surface area contributed by atoms with E-state index in [2.05, 4.69) is 24.1 Å². The predicted octanol–water partition coefficient (Wildman–Crippen LogP) is 2.99. The maximum atomic E-state index is 5.42. The van der Waals surface area contributed by atoms with Gasteiger partial charge in [0.25, 0.3) is 0 Å². The fourth-order valence-corrected chi connectivity index (χ4v) is 3.05. The van der Waals surface area contributed by atoms with Crippen LogP contribution in [-0.4, -0.2) is 52.5 Å². The minimum Gasteiger partial charge on any atom is -0.493 e. The molecule has 0 radical (unpaired) electrons. The number of aryl methyl sites for hydroxylation is 1. The third-order valence-corrected chi connectivity index (χ3v) is 4.36. The van der Waals surface area contributed by atoms with Crippen LogP contribution in [0.3, 0.4) is 0 Å². The molecule has 4 heteroatoms. The molecule has 0 atom stereocenters. The maximum Gasteiger partial charge on any atom is 0.160 e.